The summed E-state index contributed by atoms with van der Waals surface area (Å²) < 4.78 is 5.01. The lowest BCUT2D eigenvalue weighted by atomic mass is 9.93. The zero-order valence-corrected chi connectivity index (χ0v) is 16.6. The van der Waals surface area contributed by atoms with Gasteiger partial charge in [0.2, 0.25) is 5.91 Å². The molecule has 0 aromatic heterocycles. The Labute approximate surface area is 159 Å². The van der Waals surface area contributed by atoms with Crippen LogP contribution in [0.2, 0.25) is 0 Å². The van der Waals surface area contributed by atoms with E-state index < -0.39 is 0 Å². The van der Waals surface area contributed by atoms with E-state index in [1.807, 2.05) is 32.0 Å². The van der Waals surface area contributed by atoms with Crippen molar-refractivity contribution < 1.29 is 7.86 Å². The largest absolute Gasteiger partial charge is 0.411 e. The highest BCUT2D eigenvalue weighted by atomic mass is 127. The molecule has 0 aliphatic carbocycles. The molecule has 0 spiro atoms. The Hall–Kier alpha value is -1.28. The average Bonchev–Trinajstić information content (AvgIpc) is 2.58. The minimum Gasteiger partial charge on any atom is -0.411 e. The summed E-state index contributed by atoms with van der Waals surface area (Å²) in [4.78, 5) is 12.3. The van der Waals surface area contributed by atoms with Crippen LogP contribution in [0.3, 0.4) is 0 Å². The van der Waals surface area contributed by atoms with Crippen molar-refractivity contribution in [2.75, 3.05) is 19.6 Å². The molecular weight excluding hydrogens is 417 g/mol. The number of carbonyl (C=O) groups excluding carboxylic acids is 1. The average molecular weight is 445 g/mol. The van der Waals surface area contributed by atoms with Crippen molar-refractivity contribution in [3.8, 4) is 0 Å². The maximum absolute atomic E-state index is 12.3. The van der Waals surface area contributed by atoms with Gasteiger partial charge in [0.05, 0.1) is 0 Å². The summed E-state index contributed by atoms with van der Waals surface area (Å²) in [7, 11) is 0. The van der Waals surface area contributed by atoms with Gasteiger partial charge in [0.15, 0.2) is 28.9 Å². The van der Waals surface area contributed by atoms with Crippen LogP contribution in [0.5, 0.6) is 0 Å². The number of rotatable bonds is 11. The van der Waals surface area contributed by atoms with Crippen molar-refractivity contribution >= 4 is 28.9 Å². The molecular formula is C18H28IN3O2. The molecule has 0 heterocycles. The summed E-state index contributed by atoms with van der Waals surface area (Å²) in [5, 5.41) is 6.11. The predicted octanol–water partition coefficient (Wildman–Crippen LogP) is 2.76. The fourth-order valence-corrected chi connectivity index (χ4v) is 2.35. The quantitative estimate of drug-likeness (QED) is 0.362. The Morgan fingerprint density at radius 2 is 2.00 bits per heavy atom. The van der Waals surface area contributed by atoms with Gasteiger partial charge in [-0.3, -0.25) is 4.79 Å². The van der Waals surface area contributed by atoms with Crippen molar-refractivity contribution in [1.82, 2.24) is 10.6 Å². The molecule has 1 atom stereocenters. The highest BCUT2D eigenvalue weighted by Gasteiger charge is 2.19. The molecule has 0 radical (unpaired) electrons. The van der Waals surface area contributed by atoms with Crippen molar-refractivity contribution in [1.29, 1.82) is 0 Å². The molecule has 1 aromatic rings. The van der Waals surface area contributed by atoms with Gasteiger partial charge in [-0.1, -0.05) is 44.2 Å². The monoisotopic (exact) mass is 445 g/mol. The van der Waals surface area contributed by atoms with E-state index in [4.69, 9.17) is 8.80 Å². The van der Waals surface area contributed by atoms with E-state index in [1.165, 1.54) is 5.56 Å². The number of nitrogens with one attached hydrogen (secondary N) is 2. The third-order valence-electron chi connectivity index (χ3n) is 3.84. The van der Waals surface area contributed by atoms with E-state index in [-0.39, 0.29) is 17.2 Å². The number of hydrogen-bond donors (Lipinski definition) is 3. The van der Waals surface area contributed by atoms with E-state index in [0.29, 0.717) is 31.9 Å². The van der Waals surface area contributed by atoms with Gasteiger partial charge in [0.25, 0.3) is 0 Å². The minimum absolute atomic E-state index is 0.0419. The van der Waals surface area contributed by atoms with Gasteiger partial charge in [0, 0.05) is 19.5 Å². The summed E-state index contributed by atoms with van der Waals surface area (Å²) in [6.07, 6.45) is 1.26. The molecule has 0 bridgehead atoms. The van der Waals surface area contributed by atoms with E-state index in [1.54, 1.807) is 23.0 Å². The van der Waals surface area contributed by atoms with Crippen LogP contribution in [0.15, 0.2) is 42.8 Å². The fraction of sp³-hybridized carbons (Fsp3) is 0.500. The summed E-state index contributed by atoms with van der Waals surface area (Å²) in [6, 6.07) is 10.2. The first kappa shape index (κ1) is 20.8. The van der Waals surface area contributed by atoms with Crippen LogP contribution < -0.4 is 16.4 Å². The lowest BCUT2D eigenvalue weighted by Gasteiger charge is -2.24. The van der Waals surface area contributed by atoms with E-state index in [9.17, 15) is 4.79 Å². The van der Waals surface area contributed by atoms with Gasteiger partial charge in [0.1, 0.15) is 0 Å². The van der Waals surface area contributed by atoms with Crippen LogP contribution in [0, 0.1) is 11.3 Å². The Morgan fingerprint density at radius 3 is 2.58 bits per heavy atom. The molecule has 0 aliphatic rings. The Balaban J connectivity index is 2.59. The first-order chi connectivity index (χ1) is 11.4. The molecule has 4 N–H and O–H groups in total. The molecule has 6 heteroatoms. The van der Waals surface area contributed by atoms with Crippen molar-refractivity contribution in [3.63, 3.8) is 0 Å². The lowest BCUT2D eigenvalue weighted by molar-refractivity contribution is -0.122. The number of halogens is 1. The smallest absolute Gasteiger partial charge is 0.220 e. The van der Waals surface area contributed by atoms with Crippen molar-refractivity contribution in [3.05, 3.63) is 48.4 Å². The first-order valence-electron chi connectivity index (χ1n) is 8.08. The van der Waals surface area contributed by atoms with Crippen molar-refractivity contribution in [2.24, 2.45) is 17.1 Å². The Kier molecular flexibility index (Phi) is 9.13. The number of amides is 1. The molecule has 0 unspecified atom stereocenters. The molecule has 0 fully saturated rings. The van der Waals surface area contributed by atoms with Gasteiger partial charge in [-0.05, 0) is 36.4 Å². The molecule has 24 heavy (non-hydrogen) atoms. The lowest BCUT2D eigenvalue weighted by Crippen LogP contribution is -2.39. The number of carbonyl (C=O) groups is 1. The van der Waals surface area contributed by atoms with Crippen LogP contribution in [-0.4, -0.2) is 25.5 Å². The first-order valence-corrected chi connectivity index (χ1v) is 8.96. The summed E-state index contributed by atoms with van der Waals surface area (Å²) in [6.45, 7) is 9.58. The molecule has 0 aliphatic heterocycles. The fourth-order valence-electron chi connectivity index (χ4n) is 2.19. The second-order valence-corrected chi connectivity index (χ2v) is 7.23. The van der Waals surface area contributed by atoms with Gasteiger partial charge in [-0.2, -0.15) is 0 Å². The molecule has 1 rings (SSSR count). The van der Waals surface area contributed by atoms with Crippen LogP contribution in [0.4, 0.5) is 0 Å². The highest BCUT2D eigenvalue weighted by molar-refractivity contribution is 14.1. The van der Waals surface area contributed by atoms with Gasteiger partial charge < -0.3 is 19.4 Å². The molecule has 0 saturated heterocycles. The summed E-state index contributed by atoms with van der Waals surface area (Å²) in [5.41, 5.74) is 6.82. The standard InChI is InChI=1S/C18H28IN3O2/c1-14(24-19)21-11-16(9-15-7-5-4-6-8-15)10-17(23)22-13-18(2,3)12-20/h4-8,16,21H,1,9-13,20H2,2-3H3,(H,22,23)/t16-/m1/s1. The highest BCUT2D eigenvalue weighted by Crippen LogP contribution is 2.14. The third-order valence-corrected chi connectivity index (χ3v) is 4.37. The van der Waals surface area contributed by atoms with E-state index >= 15 is 0 Å². The summed E-state index contributed by atoms with van der Waals surface area (Å²) in [5.74, 6) is 0.690. The zero-order chi connectivity index (χ0) is 18.0. The van der Waals surface area contributed by atoms with Gasteiger partial charge in [-0.15, -0.1) is 0 Å². The maximum atomic E-state index is 12.3. The predicted molar refractivity (Wildman–Crippen MR) is 106 cm³/mol. The summed E-state index contributed by atoms with van der Waals surface area (Å²) >= 11 is 1.78. The molecule has 5 nitrogen and oxygen atoms in total. The second-order valence-electron chi connectivity index (χ2n) is 6.79. The normalized spacial score (nSPS) is 12.3. The number of hydrogen-bond acceptors (Lipinski definition) is 4. The molecule has 134 valence electrons. The van der Waals surface area contributed by atoms with Crippen LogP contribution >= 0.6 is 23.0 Å². The topological polar surface area (TPSA) is 76.4 Å². The second kappa shape index (κ2) is 10.6. The van der Waals surface area contributed by atoms with E-state index in [2.05, 4.69) is 29.3 Å². The Bertz CT molecular complexity index is 520. The number of benzene rings is 1. The molecule has 1 aromatic carbocycles. The molecule has 1 amide bonds. The van der Waals surface area contributed by atoms with E-state index in [0.717, 1.165) is 6.42 Å². The van der Waals surface area contributed by atoms with Crippen LogP contribution in [0.25, 0.3) is 0 Å². The minimum atomic E-state index is -0.0911. The van der Waals surface area contributed by atoms with Gasteiger partial charge in [-0.25, -0.2) is 0 Å². The van der Waals surface area contributed by atoms with Crippen molar-refractivity contribution in [2.45, 2.75) is 26.7 Å². The maximum Gasteiger partial charge on any atom is 0.220 e. The SMILES string of the molecule is C=C(NC[C@@H](CC(=O)NCC(C)(C)CN)Cc1ccccc1)OI. The molecule has 0 saturated carbocycles. The Morgan fingerprint density at radius 1 is 1.33 bits per heavy atom. The zero-order valence-electron chi connectivity index (χ0n) is 14.5. The van der Waals surface area contributed by atoms with Crippen LogP contribution in [-0.2, 0) is 14.3 Å². The third kappa shape index (κ3) is 8.54. The van der Waals surface area contributed by atoms with Crippen LogP contribution in [0.1, 0.15) is 25.8 Å². The number of nitrogens with two attached hydrogens (primary N) is 1. The van der Waals surface area contributed by atoms with Gasteiger partial charge >= 0.3 is 0 Å².